The van der Waals surface area contributed by atoms with Crippen LogP contribution >= 0.6 is 0 Å². The number of carbonyl (C=O) groups excluding carboxylic acids is 2. The molecule has 1 heterocycles. The summed E-state index contributed by atoms with van der Waals surface area (Å²) in [5.74, 6) is -1.35. The second kappa shape index (κ2) is 9.19. The quantitative estimate of drug-likeness (QED) is 0.594. The van der Waals surface area contributed by atoms with Crippen molar-refractivity contribution in [3.05, 3.63) is 72.0 Å². The second-order valence-corrected chi connectivity index (χ2v) is 9.90. The summed E-state index contributed by atoms with van der Waals surface area (Å²) >= 11 is 0. The predicted octanol–water partition coefficient (Wildman–Crippen LogP) is 3.84. The van der Waals surface area contributed by atoms with E-state index in [1.54, 1.807) is 4.90 Å². The molecule has 33 heavy (non-hydrogen) atoms. The van der Waals surface area contributed by atoms with E-state index in [4.69, 9.17) is 0 Å². The van der Waals surface area contributed by atoms with Gasteiger partial charge in [0.25, 0.3) is 5.91 Å². The van der Waals surface area contributed by atoms with Gasteiger partial charge in [0, 0.05) is 30.3 Å². The van der Waals surface area contributed by atoms with Crippen molar-refractivity contribution in [1.29, 1.82) is 0 Å². The zero-order valence-corrected chi connectivity index (χ0v) is 18.9. The fraction of sp³-hybridized carbons (Fsp3) is 0.250. The first-order valence-corrected chi connectivity index (χ1v) is 12.5. The average molecular weight is 470 g/mol. The summed E-state index contributed by atoms with van der Waals surface area (Å²) < 4.78 is 38.8. The molecule has 7 nitrogen and oxygen atoms in total. The normalized spacial score (nSPS) is 14.8. The summed E-state index contributed by atoms with van der Waals surface area (Å²) in [5, 5.41) is 4.63. The van der Waals surface area contributed by atoms with Gasteiger partial charge >= 0.3 is 0 Å². The first kappa shape index (κ1) is 22.7. The molecule has 0 aliphatic carbocycles. The van der Waals surface area contributed by atoms with Crippen molar-refractivity contribution in [3.63, 3.8) is 0 Å². The van der Waals surface area contributed by atoms with E-state index in [1.807, 2.05) is 42.5 Å². The molecule has 0 spiro atoms. The number of amides is 2. The number of rotatable bonds is 5. The highest BCUT2D eigenvalue weighted by Gasteiger charge is 2.28. The Morgan fingerprint density at radius 1 is 1.00 bits per heavy atom. The van der Waals surface area contributed by atoms with E-state index >= 15 is 0 Å². The fourth-order valence-corrected chi connectivity index (χ4v) is 4.61. The highest BCUT2D eigenvalue weighted by Crippen LogP contribution is 2.26. The SMILES string of the molecule is CS(=O)(=O)Nc1cc(NC(=O)C2CCN(C(=O)c3cccc4ccccc34)CC2)ccc1F. The van der Waals surface area contributed by atoms with Gasteiger partial charge in [-0.15, -0.1) is 0 Å². The van der Waals surface area contributed by atoms with Gasteiger partial charge in [-0.1, -0.05) is 36.4 Å². The highest BCUT2D eigenvalue weighted by molar-refractivity contribution is 7.92. The minimum Gasteiger partial charge on any atom is -0.339 e. The third-order valence-electron chi connectivity index (χ3n) is 5.70. The van der Waals surface area contributed by atoms with Crippen LogP contribution in [0.15, 0.2) is 60.7 Å². The van der Waals surface area contributed by atoms with E-state index in [1.165, 1.54) is 12.1 Å². The number of sulfonamides is 1. The first-order chi connectivity index (χ1) is 15.7. The molecule has 4 rings (SSSR count). The molecule has 2 amide bonds. The summed E-state index contributed by atoms with van der Waals surface area (Å²) in [4.78, 5) is 27.6. The van der Waals surface area contributed by atoms with Crippen LogP contribution in [0.5, 0.6) is 0 Å². The molecule has 0 unspecified atom stereocenters. The molecular formula is C24H24FN3O4S. The number of hydrogen-bond donors (Lipinski definition) is 2. The maximum absolute atomic E-state index is 13.9. The molecule has 0 aromatic heterocycles. The number of nitrogens with zero attached hydrogens (tertiary/aromatic N) is 1. The van der Waals surface area contributed by atoms with Crippen LogP contribution in [-0.4, -0.2) is 44.5 Å². The smallest absolute Gasteiger partial charge is 0.254 e. The van der Waals surface area contributed by atoms with Gasteiger partial charge in [0.1, 0.15) is 5.82 Å². The Labute approximate surface area is 191 Å². The van der Waals surface area contributed by atoms with Crippen molar-refractivity contribution in [2.45, 2.75) is 12.8 Å². The molecule has 0 atom stereocenters. The lowest BCUT2D eigenvalue weighted by Gasteiger charge is -2.31. The van der Waals surface area contributed by atoms with E-state index in [-0.39, 0.29) is 23.4 Å². The van der Waals surface area contributed by atoms with Crippen LogP contribution in [0.1, 0.15) is 23.2 Å². The molecule has 0 radical (unpaired) electrons. The van der Waals surface area contributed by atoms with Crippen molar-refractivity contribution < 1.29 is 22.4 Å². The van der Waals surface area contributed by atoms with Crippen LogP contribution < -0.4 is 10.0 Å². The third-order valence-corrected chi connectivity index (χ3v) is 6.29. The summed E-state index contributed by atoms with van der Waals surface area (Å²) in [5.41, 5.74) is 0.709. The highest BCUT2D eigenvalue weighted by atomic mass is 32.2. The van der Waals surface area contributed by atoms with Gasteiger partial charge in [0.05, 0.1) is 11.9 Å². The zero-order chi connectivity index (χ0) is 23.6. The number of nitrogens with one attached hydrogen (secondary N) is 2. The van der Waals surface area contributed by atoms with Crippen molar-refractivity contribution in [1.82, 2.24) is 4.90 Å². The van der Waals surface area contributed by atoms with E-state index < -0.39 is 15.8 Å². The maximum atomic E-state index is 13.9. The monoisotopic (exact) mass is 469 g/mol. The topological polar surface area (TPSA) is 95.6 Å². The van der Waals surface area contributed by atoms with Gasteiger partial charge in [0.2, 0.25) is 15.9 Å². The number of likely N-dealkylation sites (tertiary alicyclic amines) is 1. The Bertz CT molecular complexity index is 1310. The van der Waals surface area contributed by atoms with Gasteiger partial charge in [-0.05, 0) is 47.9 Å². The van der Waals surface area contributed by atoms with Gasteiger partial charge in [-0.2, -0.15) is 0 Å². The Balaban J connectivity index is 1.39. The molecular weight excluding hydrogens is 445 g/mol. The van der Waals surface area contributed by atoms with Crippen LogP contribution in [0.3, 0.4) is 0 Å². The lowest BCUT2D eigenvalue weighted by molar-refractivity contribution is -0.121. The van der Waals surface area contributed by atoms with Crippen LogP contribution in [0.25, 0.3) is 10.8 Å². The van der Waals surface area contributed by atoms with Crippen LogP contribution in [0.4, 0.5) is 15.8 Å². The minimum atomic E-state index is -3.66. The van der Waals surface area contributed by atoms with Gasteiger partial charge in [-0.3, -0.25) is 14.3 Å². The maximum Gasteiger partial charge on any atom is 0.254 e. The lowest BCUT2D eigenvalue weighted by atomic mass is 9.94. The molecule has 3 aromatic carbocycles. The molecule has 1 saturated heterocycles. The summed E-state index contributed by atoms with van der Waals surface area (Å²) in [6, 6.07) is 17.1. The Morgan fingerprint density at radius 2 is 1.70 bits per heavy atom. The summed E-state index contributed by atoms with van der Waals surface area (Å²) in [6.45, 7) is 0.898. The Hall–Kier alpha value is -3.46. The average Bonchev–Trinajstić information content (AvgIpc) is 2.79. The van der Waals surface area contributed by atoms with E-state index in [2.05, 4.69) is 10.0 Å². The number of hydrogen-bond acceptors (Lipinski definition) is 4. The molecule has 9 heteroatoms. The second-order valence-electron chi connectivity index (χ2n) is 8.15. The number of carbonyl (C=O) groups is 2. The van der Waals surface area contributed by atoms with Gasteiger partial charge < -0.3 is 10.2 Å². The van der Waals surface area contributed by atoms with Crippen molar-refractivity contribution in [2.75, 3.05) is 29.4 Å². The number of piperidine rings is 1. The van der Waals surface area contributed by atoms with Crippen molar-refractivity contribution >= 4 is 44.0 Å². The predicted molar refractivity (Wildman–Crippen MR) is 126 cm³/mol. The molecule has 2 N–H and O–H groups in total. The Morgan fingerprint density at radius 3 is 2.42 bits per heavy atom. The summed E-state index contributed by atoms with van der Waals surface area (Å²) in [7, 11) is -3.66. The van der Waals surface area contributed by atoms with Gasteiger partial charge in [-0.25, -0.2) is 12.8 Å². The molecule has 1 aliphatic rings. The van der Waals surface area contributed by atoms with Crippen molar-refractivity contribution in [3.8, 4) is 0 Å². The first-order valence-electron chi connectivity index (χ1n) is 10.6. The molecule has 172 valence electrons. The summed E-state index contributed by atoms with van der Waals surface area (Å²) in [6.07, 6.45) is 1.92. The molecule has 3 aromatic rings. The zero-order valence-electron chi connectivity index (χ0n) is 18.0. The van der Waals surface area contributed by atoms with E-state index in [0.717, 1.165) is 23.1 Å². The fourth-order valence-electron chi connectivity index (χ4n) is 4.05. The molecule has 0 saturated carbocycles. The Kier molecular flexibility index (Phi) is 6.33. The number of fused-ring (bicyclic) bond motifs is 1. The molecule has 0 bridgehead atoms. The minimum absolute atomic E-state index is 0.0549. The number of halogens is 1. The largest absolute Gasteiger partial charge is 0.339 e. The van der Waals surface area contributed by atoms with E-state index in [9.17, 15) is 22.4 Å². The van der Waals surface area contributed by atoms with Crippen LogP contribution in [-0.2, 0) is 14.8 Å². The molecule has 1 fully saturated rings. The standard InChI is InChI=1S/C24H24FN3O4S/c1-33(31,32)27-22-15-18(9-10-21(22)25)26-23(29)17-11-13-28(14-12-17)24(30)20-8-4-6-16-5-2-3-7-19(16)20/h2-10,15,17,27H,11-14H2,1H3,(H,26,29). The van der Waals surface area contributed by atoms with Crippen molar-refractivity contribution in [2.24, 2.45) is 5.92 Å². The number of anilines is 2. The van der Waals surface area contributed by atoms with E-state index in [0.29, 0.717) is 37.2 Å². The molecule has 1 aliphatic heterocycles. The van der Waals surface area contributed by atoms with Crippen LogP contribution in [0.2, 0.25) is 0 Å². The lowest BCUT2D eigenvalue weighted by Crippen LogP contribution is -2.41. The van der Waals surface area contributed by atoms with Gasteiger partial charge in [0.15, 0.2) is 0 Å². The van der Waals surface area contributed by atoms with Crippen LogP contribution in [0, 0.1) is 11.7 Å². The number of benzene rings is 3. The third kappa shape index (κ3) is 5.31.